The summed E-state index contributed by atoms with van der Waals surface area (Å²) in [5, 5.41) is 10.8. The highest BCUT2D eigenvalue weighted by atomic mass is 32.2. The fourth-order valence-corrected chi connectivity index (χ4v) is 4.83. The molecular formula is C26H25NO3S. The number of hydrogen-bond acceptors (Lipinski definition) is 3. The van der Waals surface area contributed by atoms with Crippen molar-refractivity contribution in [3.63, 3.8) is 0 Å². The highest BCUT2D eigenvalue weighted by molar-refractivity contribution is 7.90. The molecule has 1 N–H and O–H groups in total. The Labute approximate surface area is 183 Å². The minimum atomic E-state index is -3.74. The van der Waals surface area contributed by atoms with Crippen LogP contribution >= 0.6 is 0 Å². The van der Waals surface area contributed by atoms with Gasteiger partial charge in [-0.25, -0.2) is 12.4 Å². The number of aryl methyl sites for hydroxylation is 2. The molecule has 0 saturated carbocycles. The molecule has 0 amide bonds. The SMILES string of the molecule is Cc1ccc(C(O)Cc2cn(S(=O)(=O)c3ccc(C)cc3)cc2-c2ccccc2)cc1. The van der Waals surface area contributed by atoms with Crippen LogP contribution in [-0.2, 0) is 16.4 Å². The van der Waals surface area contributed by atoms with E-state index < -0.39 is 16.1 Å². The molecule has 0 bridgehead atoms. The van der Waals surface area contributed by atoms with Crippen LogP contribution in [-0.4, -0.2) is 17.5 Å². The second-order valence-electron chi connectivity index (χ2n) is 7.84. The largest absolute Gasteiger partial charge is 0.388 e. The summed E-state index contributed by atoms with van der Waals surface area (Å²) in [7, 11) is -3.74. The zero-order chi connectivity index (χ0) is 22.0. The number of rotatable bonds is 6. The molecule has 0 fully saturated rings. The maximum atomic E-state index is 13.2. The quantitative estimate of drug-likeness (QED) is 0.452. The summed E-state index contributed by atoms with van der Waals surface area (Å²) < 4.78 is 27.7. The molecule has 5 heteroatoms. The molecule has 158 valence electrons. The van der Waals surface area contributed by atoms with Crippen LogP contribution in [0.15, 0.2) is 96.2 Å². The van der Waals surface area contributed by atoms with Gasteiger partial charge in [0.05, 0.1) is 11.0 Å². The topological polar surface area (TPSA) is 59.3 Å². The molecule has 1 aromatic heterocycles. The van der Waals surface area contributed by atoms with E-state index >= 15 is 0 Å². The summed E-state index contributed by atoms with van der Waals surface area (Å²) >= 11 is 0. The van der Waals surface area contributed by atoms with E-state index in [-0.39, 0.29) is 4.90 Å². The molecule has 1 atom stereocenters. The van der Waals surface area contributed by atoms with Gasteiger partial charge in [0, 0.05) is 24.4 Å². The summed E-state index contributed by atoms with van der Waals surface area (Å²) in [5.41, 5.74) is 5.40. The van der Waals surface area contributed by atoms with Crippen LogP contribution in [0, 0.1) is 13.8 Å². The minimum absolute atomic E-state index is 0.235. The Morgan fingerprint density at radius 3 is 2.00 bits per heavy atom. The Morgan fingerprint density at radius 2 is 1.39 bits per heavy atom. The maximum Gasteiger partial charge on any atom is 0.267 e. The molecule has 4 rings (SSSR count). The highest BCUT2D eigenvalue weighted by Gasteiger charge is 2.21. The molecule has 1 heterocycles. The average molecular weight is 432 g/mol. The fourth-order valence-electron chi connectivity index (χ4n) is 3.60. The van der Waals surface area contributed by atoms with Crippen LogP contribution in [0.5, 0.6) is 0 Å². The van der Waals surface area contributed by atoms with Crippen molar-refractivity contribution >= 4 is 10.0 Å². The highest BCUT2D eigenvalue weighted by Crippen LogP contribution is 2.31. The monoisotopic (exact) mass is 431 g/mol. The van der Waals surface area contributed by atoms with Gasteiger partial charge in [-0.1, -0.05) is 77.9 Å². The molecule has 0 aliphatic carbocycles. The van der Waals surface area contributed by atoms with Crippen LogP contribution in [0.3, 0.4) is 0 Å². The molecule has 0 spiro atoms. The van der Waals surface area contributed by atoms with Crippen molar-refractivity contribution in [3.8, 4) is 11.1 Å². The second-order valence-corrected chi connectivity index (χ2v) is 9.68. The summed E-state index contributed by atoms with van der Waals surface area (Å²) in [6, 6.07) is 24.2. The first-order chi connectivity index (χ1) is 14.8. The Balaban J connectivity index is 1.76. The van der Waals surface area contributed by atoms with E-state index in [0.29, 0.717) is 6.42 Å². The van der Waals surface area contributed by atoms with Crippen LogP contribution < -0.4 is 0 Å². The molecule has 0 aliphatic rings. The van der Waals surface area contributed by atoms with Gasteiger partial charge in [0.1, 0.15) is 0 Å². The molecule has 0 saturated heterocycles. The zero-order valence-corrected chi connectivity index (χ0v) is 18.4. The third kappa shape index (κ3) is 4.48. The lowest BCUT2D eigenvalue weighted by Crippen LogP contribution is -2.11. The van der Waals surface area contributed by atoms with Gasteiger partial charge in [-0.2, -0.15) is 0 Å². The van der Waals surface area contributed by atoms with Crippen molar-refractivity contribution in [1.29, 1.82) is 0 Å². The van der Waals surface area contributed by atoms with Crippen molar-refractivity contribution in [2.45, 2.75) is 31.3 Å². The number of aliphatic hydroxyl groups excluding tert-OH is 1. The number of nitrogens with zero attached hydrogens (tertiary/aromatic N) is 1. The van der Waals surface area contributed by atoms with Crippen molar-refractivity contribution in [3.05, 3.63) is 114 Å². The van der Waals surface area contributed by atoms with E-state index in [9.17, 15) is 13.5 Å². The fraction of sp³-hybridized carbons (Fsp3) is 0.154. The smallest absolute Gasteiger partial charge is 0.267 e. The van der Waals surface area contributed by atoms with Gasteiger partial charge >= 0.3 is 0 Å². The lowest BCUT2D eigenvalue weighted by Gasteiger charge is -2.12. The predicted molar refractivity (Wildman–Crippen MR) is 123 cm³/mol. The Hall–Kier alpha value is -3.15. The second kappa shape index (κ2) is 8.53. The van der Waals surface area contributed by atoms with Crippen molar-refractivity contribution < 1.29 is 13.5 Å². The van der Waals surface area contributed by atoms with E-state index in [1.807, 2.05) is 68.4 Å². The van der Waals surface area contributed by atoms with Crippen LogP contribution in [0.25, 0.3) is 11.1 Å². The number of aliphatic hydroxyl groups is 1. The molecule has 4 nitrogen and oxygen atoms in total. The minimum Gasteiger partial charge on any atom is -0.388 e. The third-order valence-corrected chi connectivity index (χ3v) is 7.08. The van der Waals surface area contributed by atoms with Crippen molar-refractivity contribution in [2.75, 3.05) is 0 Å². The standard InChI is InChI=1S/C26H25NO3S/c1-19-8-12-22(13-9-19)26(28)16-23-17-27(18-25(23)21-6-4-3-5-7-21)31(29,30)24-14-10-20(2)11-15-24/h3-15,17-18,26,28H,16H2,1-2H3. The average Bonchev–Trinajstić information content (AvgIpc) is 3.20. The summed E-state index contributed by atoms with van der Waals surface area (Å²) in [4.78, 5) is 0.235. The number of aromatic nitrogens is 1. The molecule has 31 heavy (non-hydrogen) atoms. The maximum absolute atomic E-state index is 13.2. The van der Waals surface area contributed by atoms with E-state index in [2.05, 4.69) is 0 Å². The summed E-state index contributed by atoms with van der Waals surface area (Å²) in [6.07, 6.45) is 2.83. The van der Waals surface area contributed by atoms with E-state index in [1.165, 1.54) is 3.97 Å². The van der Waals surface area contributed by atoms with Crippen molar-refractivity contribution in [1.82, 2.24) is 3.97 Å². The van der Waals surface area contributed by atoms with Crippen LogP contribution in [0.1, 0.15) is 28.4 Å². The van der Waals surface area contributed by atoms with Gasteiger partial charge in [0.2, 0.25) is 0 Å². The first-order valence-corrected chi connectivity index (χ1v) is 11.6. The normalized spacial score (nSPS) is 12.6. The van der Waals surface area contributed by atoms with E-state index in [1.54, 1.807) is 36.7 Å². The zero-order valence-electron chi connectivity index (χ0n) is 17.6. The van der Waals surface area contributed by atoms with Gasteiger partial charge in [-0.3, -0.25) is 0 Å². The van der Waals surface area contributed by atoms with Gasteiger partial charge in [-0.15, -0.1) is 0 Å². The molecule has 3 aromatic carbocycles. The molecule has 0 aliphatic heterocycles. The van der Waals surface area contributed by atoms with Crippen molar-refractivity contribution in [2.24, 2.45) is 0 Å². The van der Waals surface area contributed by atoms with Gasteiger partial charge in [-0.05, 0) is 42.7 Å². The van der Waals surface area contributed by atoms with E-state index in [4.69, 9.17) is 0 Å². The Morgan fingerprint density at radius 1 is 0.806 bits per heavy atom. The van der Waals surface area contributed by atoms with Gasteiger partial charge < -0.3 is 5.11 Å². The Bertz CT molecular complexity index is 1270. The molecule has 0 radical (unpaired) electrons. The third-order valence-electron chi connectivity index (χ3n) is 5.44. The lowest BCUT2D eigenvalue weighted by molar-refractivity contribution is 0.178. The molecular weight excluding hydrogens is 406 g/mol. The predicted octanol–water partition coefficient (Wildman–Crippen LogP) is 5.29. The first kappa shape index (κ1) is 21.1. The molecule has 1 unspecified atom stereocenters. The van der Waals surface area contributed by atoms with Gasteiger partial charge in [0.25, 0.3) is 10.0 Å². The van der Waals surface area contributed by atoms with E-state index in [0.717, 1.165) is 33.4 Å². The lowest BCUT2D eigenvalue weighted by atomic mass is 9.97. The van der Waals surface area contributed by atoms with Crippen LogP contribution in [0.4, 0.5) is 0 Å². The van der Waals surface area contributed by atoms with Crippen LogP contribution in [0.2, 0.25) is 0 Å². The summed E-state index contributed by atoms with van der Waals surface area (Å²) in [6.45, 7) is 3.92. The van der Waals surface area contributed by atoms with Gasteiger partial charge in [0.15, 0.2) is 0 Å². The summed E-state index contributed by atoms with van der Waals surface area (Å²) in [5.74, 6) is 0. The number of benzene rings is 3. The Kier molecular flexibility index (Phi) is 5.81. The number of hydrogen-bond donors (Lipinski definition) is 1. The first-order valence-electron chi connectivity index (χ1n) is 10.2. The molecule has 4 aromatic rings.